The Bertz CT molecular complexity index is 1530. The van der Waals surface area contributed by atoms with Gasteiger partial charge in [-0.05, 0) is 128 Å². The van der Waals surface area contributed by atoms with Gasteiger partial charge in [-0.15, -0.1) is 0 Å². The Hall–Kier alpha value is -4.71. The zero-order valence-electron chi connectivity index (χ0n) is 42.6. The summed E-state index contributed by atoms with van der Waals surface area (Å²) in [7, 11) is 0. The van der Waals surface area contributed by atoms with Crippen LogP contribution in [0.1, 0.15) is 201 Å². The van der Waals surface area contributed by atoms with Crippen LogP contribution in [0.4, 0.5) is 0 Å². The van der Waals surface area contributed by atoms with Crippen LogP contribution in [0, 0.1) is 0 Å². The average Bonchev–Trinajstić information content (AvgIpc) is 3.33. The van der Waals surface area contributed by atoms with Crippen molar-refractivity contribution in [1.82, 2.24) is 0 Å². The van der Waals surface area contributed by atoms with Crippen molar-refractivity contribution in [3.05, 3.63) is 146 Å². The minimum absolute atomic E-state index is 0.137. The summed E-state index contributed by atoms with van der Waals surface area (Å²) in [5, 5.41) is 0. The molecule has 0 amide bonds. The minimum Gasteiger partial charge on any atom is -0.462 e. The molecule has 0 fully saturated rings. The lowest BCUT2D eigenvalue weighted by atomic mass is 10.1. The topological polar surface area (TPSA) is 78.9 Å². The molecule has 0 aromatic carbocycles. The highest BCUT2D eigenvalue weighted by Gasteiger charge is 2.19. The number of hydrogen-bond donors (Lipinski definition) is 0. The smallest absolute Gasteiger partial charge is 0.306 e. The second-order valence-corrected chi connectivity index (χ2v) is 16.7. The SMILES string of the molecule is CCC=CCC=CCC=CCC=CCC=CCCCC(=O)OCC(COC(=O)CCCC=CCC=CCC=CCC=CCCCCC)OC(=O)CCCCCCCC=CCC=CCC=CCC. The maximum absolute atomic E-state index is 12.8. The molecule has 0 rings (SSSR count). The summed E-state index contributed by atoms with van der Waals surface area (Å²) in [5.74, 6) is -1.08. The van der Waals surface area contributed by atoms with E-state index in [4.69, 9.17) is 14.2 Å². The van der Waals surface area contributed by atoms with Crippen LogP contribution in [0.5, 0.6) is 0 Å². The van der Waals surface area contributed by atoms with Crippen LogP contribution < -0.4 is 0 Å². The highest BCUT2D eigenvalue weighted by Crippen LogP contribution is 2.11. The molecular formula is C61H94O6. The predicted octanol–water partition coefficient (Wildman–Crippen LogP) is 17.6. The van der Waals surface area contributed by atoms with Crippen LogP contribution in [0.25, 0.3) is 0 Å². The molecule has 67 heavy (non-hydrogen) atoms. The third kappa shape index (κ3) is 52.1. The van der Waals surface area contributed by atoms with E-state index >= 15 is 0 Å². The van der Waals surface area contributed by atoms with Gasteiger partial charge >= 0.3 is 17.9 Å². The fraction of sp³-hybridized carbons (Fsp3) is 0.557. The molecule has 0 aliphatic heterocycles. The normalized spacial score (nSPS) is 13.3. The van der Waals surface area contributed by atoms with E-state index in [2.05, 4.69) is 167 Å². The Morgan fingerprint density at radius 3 is 0.955 bits per heavy atom. The summed E-state index contributed by atoms with van der Waals surface area (Å²) in [4.78, 5) is 38.0. The van der Waals surface area contributed by atoms with E-state index in [1.807, 2.05) is 0 Å². The number of carbonyl (C=O) groups excluding carboxylic acids is 3. The summed E-state index contributed by atoms with van der Waals surface area (Å²) < 4.78 is 16.7. The number of esters is 3. The number of rotatable bonds is 45. The molecule has 1 atom stereocenters. The van der Waals surface area contributed by atoms with Gasteiger partial charge in [-0.1, -0.05) is 199 Å². The molecular weight excluding hydrogens is 829 g/mol. The van der Waals surface area contributed by atoms with Gasteiger partial charge in [-0.3, -0.25) is 14.4 Å². The lowest BCUT2D eigenvalue weighted by Gasteiger charge is -2.18. The lowest BCUT2D eigenvalue weighted by Crippen LogP contribution is -2.30. The highest BCUT2D eigenvalue weighted by atomic mass is 16.6. The van der Waals surface area contributed by atoms with E-state index in [0.717, 1.165) is 122 Å². The number of hydrogen-bond acceptors (Lipinski definition) is 6. The van der Waals surface area contributed by atoms with Crippen LogP contribution in [-0.4, -0.2) is 37.2 Å². The van der Waals surface area contributed by atoms with Gasteiger partial charge in [0.1, 0.15) is 13.2 Å². The number of ether oxygens (including phenoxy) is 3. The van der Waals surface area contributed by atoms with Gasteiger partial charge in [0.15, 0.2) is 6.10 Å². The Morgan fingerprint density at radius 1 is 0.313 bits per heavy atom. The second-order valence-electron chi connectivity index (χ2n) is 16.7. The van der Waals surface area contributed by atoms with Gasteiger partial charge in [-0.2, -0.15) is 0 Å². The van der Waals surface area contributed by atoms with Gasteiger partial charge < -0.3 is 14.2 Å². The molecule has 0 radical (unpaired) electrons. The van der Waals surface area contributed by atoms with E-state index in [9.17, 15) is 14.4 Å². The molecule has 1 unspecified atom stereocenters. The standard InChI is InChI=1S/C61H94O6/c1-4-7-10-13-16-19-22-25-28-30-33-35-38-41-44-47-50-53-59(62)65-56-58(67-61(64)55-52-49-46-43-40-37-32-27-24-21-18-15-12-9-6-3)57-66-60(63)54-51-48-45-42-39-36-34-31-29-26-23-20-17-14-11-8-5-2/h7,9-10,12,16-21,25-29,32-36,41-42,44-45,58H,4-6,8,11,13-15,22-24,30-31,37-40,43,46-57H2,1-3H3. The van der Waals surface area contributed by atoms with Crippen molar-refractivity contribution in [2.45, 2.75) is 207 Å². The van der Waals surface area contributed by atoms with Crippen molar-refractivity contribution in [2.24, 2.45) is 0 Å². The van der Waals surface area contributed by atoms with Crippen LogP contribution in [0.2, 0.25) is 0 Å². The average molecular weight is 923 g/mol. The van der Waals surface area contributed by atoms with Gasteiger partial charge in [0.05, 0.1) is 0 Å². The van der Waals surface area contributed by atoms with Crippen LogP contribution in [-0.2, 0) is 28.6 Å². The minimum atomic E-state index is -0.839. The molecule has 0 aromatic heterocycles. The van der Waals surface area contributed by atoms with E-state index in [-0.39, 0.29) is 50.4 Å². The fourth-order valence-electron chi connectivity index (χ4n) is 6.42. The maximum atomic E-state index is 12.8. The van der Waals surface area contributed by atoms with E-state index in [1.165, 1.54) is 25.7 Å². The molecule has 6 nitrogen and oxygen atoms in total. The molecule has 0 aliphatic carbocycles. The molecule has 0 N–H and O–H groups in total. The third-order valence-electron chi connectivity index (χ3n) is 10.3. The number of allylic oxidation sites excluding steroid dienone is 24. The Morgan fingerprint density at radius 2 is 0.597 bits per heavy atom. The fourth-order valence-corrected chi connectivity index (χ4v) is 6.42. The molecule has 0 saturated carbocycles. The first-order valence-corrected chi connectivity index (χ1v) is 26.3. The Kier molecular flexibility index (Phi) is 50.1. The van der Waals surface area contributed by atoms with Crippen molar-refractivity contribution in [1.29, 1.82) is 0 Å². The van der Waals surface area contributed by atoms with Crippen molar-refractivity contribution in [2.75, 3.05) is 13.2 Å². The first-order chi connectivity index (χ1) is 33.0. The number of carbonyl (C=O) groups is 3. The van der Waals surface area contributed by atoms with Crippen molar-refractivity contribution < 1.29 is 28.6 Å². The van der Waals surface area contributed by atoms with Gasteiger partial charge in [0, 0.05) is 19.3 Å². The van der Waals surface area contributed by atoms with Crippen LogP contribution >= 0.6 is 0 Å². The monoisotopic (exact) mass is 923 g/mol. The number of unbranched alkanes of at least 4 members (excludes halogenated alkanes) is 10. The third-order valence-corrected chi connectivity index (χ3v) is 10.3. The first kappa shape index (κ1) is 62.3. The molecule has 6 heteroatoms. The predicted molar refractivity (Wildman–Crippen MR) is 288 cm³/mol. The molecule has 0 heterocycles. The molecule has 0 saturated heterocycles. The summed E-state index contributed by atoms with van der Waals surface area (Å²) in [6, 6.07) is 0. The summed E-state index contributed by atoms with van der Waals surface area (Å²) in [6.45, 7) is 6.25. The van der Waals surface area contributed by atoms with Crippen LogP contribution in [0.3, 0.4) is 0 Å². The van der Waals surface area contributed by atoms with E-state index in [1.54, 1.807) is 0 Å². The van der Waals surface area contributed by atoms with Gasteiger partial charge in [0.25, 0.3) is 0 Å². The van der Waals surface area contributed by atoms with Crippen molar-refractivity contribution in [3.63, 3.8) is 0 Å². The van der Waals surface area contributed by atoms with Crippen molar-refractivity contribution in [3.8, 4) is 0 Å². The Labute approximate surface area is 410 Å². The summed E-state index contributed by atoms with van der Waals surface area (Å²) in [5.41, 5.74) is 0. The quantitative estimate of drug-likeness (QED) is 0.0262. The molecule has 0 aromatic rings. The largest absolute Gasteiger partial charge is 0.462 e. The van der Waals surface area contributed by atoms with E-state index in [0.29, 0.717) is 12.8 Å². The maximum Gasteiger partial charge on any atom is 0.306 e. The zero-order chi connectivity index (χ0) is 48.6. The molecule has 0 bridgehead atoms. The zero-order valence-corrected chi connectivity index (χ0v) is 42.6. The Balaban J connectivity index is 4.62. The summed E-state index contributed by atoms with van der Waals surface area (Å²) in [6.07, 6.45) is 77.0. The van der Waals surface area contributed by atoms with Crippen molar-refractivity contribution >= 4 is 17.9 Å². The molecule has 374 valence electrons. The second kappa shape index (κ2) is 53.9. The van der Waals surface area contributed by atoms with E-state index < -0.39 is 6.10 Å². The van der Waals surface area contributed by atoms with Crippen LogP contribution in [0.15, 0.2) is 146 Å². The molecule has 0 aliphatic rings. The summed E-state index contributed by atoms with van der Waals surface area (Å²) >= 11 is 0. The van der Waals surface area contributed by atoms with Gasteiger partial charge in [-0.25, -0.2) is 0 Å². The first-order valence-electron chi connectivity index (χ1n) is 26.3. The van der Waals surface area contributed by atoms with Gasteiger partial charge in [0.2, 0.25) is 0 Å². The molecule has 0 spiro atoms. The highest BCUT2D eigenvalue weighted by molar-refractivity contribution is 5.71. The lowest BCUT2D eigenvalue weighted by molar-refractivity contribution is -0.167.